The van der Waals surface area contributed by atoms with Crippen molar-refractivity contribution in [1.29, 1.82) is 0 Å². The van der Waals surface area contributed by atoms with Gasteiger partial charge in [0.1, 0.15) is 0 Å². The fourth-order valence-corrected chi connectivity index (χ4v) is 3.69. The van der Waals surface area contributed by atoms with Gasteiger partial charge in [-0.1, -0.05) is 13.0 Å². The predicted molar refractivity (Wildman–Crippen MR) is 116 cm³/mol. The molecule has 29 heavy (non-hydrogen) atoms. The number of nitrogen functional groups attached to an aromatic ring is 1. The largest absolute Gasteiger partial charge is 0.398 e. The number of thiol groups is 1. The summed E-state index contributed by atoms with van der Waals surface area (Å²) in [5, 5.41) is 14.0. The molecule has 1 aromatic carbocycles. The van der Waals surface area contributed by atoms with Crippen molar-refractivity contribution < 1.29 is 9.84 Å². The molecule has 2 unspecified atom stereocenters. The van der Waals surface area contributed by atoms with E-state index in [1.54, 1.807) is 4.68 Å². The van der Waals surface area contributed by atoms with E-state index in [-0.39, 0.29) is 18.6 Å². The summed E-state index contributed by atoms with van der Waals surface area (Å²) in [4.78, 5) is 7.52. The van der Waals surface area contributed by atoms with Gasteiger partial charge in [0.05, 0.1) is 36.9 Å². The van der Waals surface area contributed by atoms with Crippen LogP contribution in [0, 0.1) is 0 Å². The molecule has 1 aliphatic rings. The number of nitrogens with zero attached hydrogens (tertiary/aromatic N) is 4. The maximum absolute atomic E-state index is 9.32. The fraction of sp³-hybridized carbons (Fsp3) is 0.333. The van der Waals surface area contributed by atoms with Crippen LogP contribution >= 0.6 is 12.6 Å². The highest BCUT2D eigenvalue weighted by molar-refractivity contribution is 7.80. The Kier molecular flexibility index (Phi) is 5.75. The third-order valence-electron chi connectivity index (χ3n) is 5.28. The van der Waals surface area contributed by atoms with Crippen LogP contribution in [0.4, 0.5) is 11.4 Å². The Bertz CT molecular complexity index is 975. The van der Waals surface area contributed by atoms with Gasteiger partial charge in [-0.15, -0.1) is 12.6 Å². The molecule has 1 aliphatic heterocycles. The van der Waals surface area contributed by atoms with Crippen molar-refractivity contribution >= 4 is 24.0 Å². The molecule has 1 fully saturated rings. The zero-order valence-corrected chi connectivity index (χ0v) is 17.2. The summed E-state index contributed by atoms with van der Waals surface area (Å²) in [7, 11) is 0. The molecule has 0 bridgehead atoms. The van der Waals surface area contributed by atoms with Gasteiger partial charge in [0, 0.05) is 35.8 Å². The van der Waals surface area contributed by atoms with Gasteiger partial charge in [-0.25, -0.2) is 9.67 Å². The Labute approximate surface area is 175 Å². The third kappa shape index (κ3) is 4.24. The number of morpholine rings is 1. The number of ether oxygens (including phenoxy) is 1. The number of benzene rings is 1. The van der Waals surface area contributed by atoms with Crippen LogP contribution in [-0.2, 0) is 4.74 Å². The molecular weight excluding hydrogens is 386 g/mol. The summed E-state index contributed by atoms with van der Waals surface area (Å²) in [6.45, 7) is 4.19. The molecule has 0 aliphatic carbocycles. The zero-order valence-electron chi connectivity index (χ0n) is 16.3. The molecule has 1 saturated heterocycles. The zero-order chi connectivity index (χ0) is 20.4. The number of aliphatic hydroxyl groups excluding tert-OH is 1. The summed E-state index contributed by atoms with van der Waals surface area (Å²) in [5.41, 5.74) is 9.61. The highest BCUT2D eigenvalue weighted by Gasteiger charge is 2.20. The van der Waals surface area contributed by atoms with E-state index in [1.807, 2.05) is 48.8 Å². The second-order valence-electron chi connectivity index (χ2n) is 7.22. The number of aliphatic hydroxyl groups is 1. The lowest BCUT2D eigenvalue weighted by atomic mass is 9.98. The van der Waals surface area contributed by atoms with E-state index >= 15 is 0 Å². The number of anilines is 2. The van der Waals surface area contributed by atoms with Gasteiger partial charge in [-0.05, 0) is 35.9 Å². The van der Waals surface area contributed by atoms with Gasteiger partial charge < -0.3 is 20.5 Å². The SMILES string of the molecule is CC(c1ccc(N)c(S)c1)c1ccn(-c2ccc(N3CCOC(CO)C3)cn2)n1. The van der Waals surface area contributed by atoms with Gasteiger partial charge in [-0.3, -0.25) is 0 Å². The minimum atomic E-state index is -0.148. The number of nitrogens with two attached hydrogens (primary N) is 1. The Hall–Kier alpha value is -2.55. The monoisotopic (exact) mass is 411 g/mol. The molecule has 3 aromatic rings. The molecule has 0 radical (unpaired) electrons. The molecular formula is C21H25N5O2S. The first-order valence-corrected chi connectivity index (χ1v) is 10.1. The van der Waals surface area contributed by atoms with Crippen molar-refractivity contribution in [3.63, 3.8) is 0 Å². The summed E-state index contributed by atoms with van der Waals surface area (Å²) >= 11 is 4.42. The van der Waals surface area contributed by atoms with Crippen LogP contribution in [0.2, 0.25) is 0 Å². The number of aromatic nitrogens is 3. The molecule has 8 heteroatoms. The van der Waals surface area contributed by atoms with Crippen LogP contribution < -0.4 is 10.6 Å². The van der Waals surface area contributed by atoms with Crippen molar-refractivity contribution in [3.8, 4) is 5.82 Å². The van der Waals surface area contributed by atoms with Crippen LogP contribution in [0.15, 0.2) is 53.7 Å². The smallest absolute Gasteiger partial charge is 0.153 e. The van der Waals surface area contributed by atoms with Gasteiger partial charge in [0.2, 0.25) is 0 Å². The van der Waals surface area contributed by atoms with Crippen molar-refractivity contribution in [2.75, 3.05) is 36.9 Å². The minimum Gasteiger partial charge on any atom is -0.398 e. The molecule has 3 heterocycles. The Morgan fingerprint density at radius 2 is 2.17 bits per heavy atom. The molecule has 2 aromatic heterocycles. The third-order valence-corrected chi connectivity index (χ3v) is 5.67. The van der Waals surface area contributed by atoms with Crippen LogP contribution in [0.1, 0.15) is 24.1 Å². The first kappa shape index (κ1) is 19.8. The van der Waals surface area contributed by atoms with E-state index in [2.05, 4.69) is 29.4 Å². The summed E-state index contributed by atoms with van der Waals surface area (Å²) < 4.78 is 7.29. The maximum atomic E-state index is 9.32. The second-order valence-corrected chi connectivity index (χ2v) is 7.70. The lowest BCUT2D eigenvalue weighted by Crippen LogP contribution is -2.44. The molecule has 0 saturated carbocycles. The molecule has 152 valence electrons. The van der Waals surface area contributed by atoms with Crippen LogP contribution in [0.3, 0.4) is 0 Å². The maximum Gasteiger partial charge on any atom is 0.153 e. The van der Waals surface area contributed by atoms with Crippen molar-refractivity contribution in [1.82, 2.24) is 14.8 Å². The molecule has 2 atom stereocenters. The van der Waals surface area contributed by atoms with Crippen molar-refractivity contribution in [2.24, 2.45) is 0 Å². The van der Waals surface area contributed by atoms with E-state index in [9.17, 15) is 5.11 Å². The van der Waals surface area contributed by atoms with Crippen LogP contribution in [0.25, 0.3) is 5.82 Å². The van der Waals surface area contributed by atoms with Crippen LogP contribution in [-0.4, -0.2) is 52.3 Å². The van der Waals surface area contributed by atoms with Crippen molar-refractivity contribution in [3.05, 3.63) is 60.0 Å². The van der Waals surface area contributed by atoms with E-state index in [0.29, 0.717) is 18.8 Å². The lowest BCUT2D eigenvalue weighted by molar-refractivity contribution is 0.00355. The highest BCUT2D eigenvalue weighted by atomic mass is 32.1. The first-order valence-electron chi connectivity index (χ1n) is 9.63. The topological polar surface area (TPSA) is 89.4 Å². The number of pyridine rings is 1. The quantitative estimate of drug-likeness (QED) is 0.442. The van der Waals surface area contributed by atoms with Crippen LogP contribution in [0.5, 0.6) is 0 Å². The second kappa shape index (κ2) is 8.44. The van der Waals surface area contributed by atoms with Crippen molar-refractivity contribution in [2.45, 2.75) is 23.8 Å². The Morgan fingerprint density at radius 1 is 1.31 bits per heavy atom. The van der Waals surface area contributed by atoms with Gasteiger partial charge in [0.15, 0.2) is 5.82 Å². The Balaban J connectivity index is 1.49. The standard InChI is InChI=1S/C21H25N5O2S/c1-14(15-2-4-18(22)20(29)10-15)19-6-7-26(24-19)21-5-3-16(11-23-21)25-8-9-28-17(12-25)13-27/h2-7,10-11,14,17,27,29H,8-9,12-13,22H2,1H3. The predicted octanol–water partition coefficient (Wildman–Crippen LogP) is 2.49. The molecule has 0 spiro atoms. The van der Waals surface area contributed by atoms with E-state index in [1.165, 1.54) is 0 Å². The number of hydrogen-bond acceptors (Lipinski definition) is 7. The average Bonchev–Trinajstić information content (AvgIpc) is 3.25. The lowest BCUT2D eigenvalue weighted by Gasteiger charge is -2.33. The summed E-state index contributed by atoms with van der Waals surface area (Å²) in [5.74, 6) is 0.872. The average molecular weight is 412 g/mol. The van der Waals surface area contributed by atoms with E-state index in [4.69, 9.17) is 15.6 Å². The van der Waals surface area contributed by atoms with Gasteiger partial charge in [-0.2, -0.15) is 5.10 Å². The minimum absolute atomic E-state index is 0.0268. The highest BCUT2D eigenvalue weighted by Crippen LogP contribution is 2.27. The normalized spacial score (nSPS) is 18.0. The molecule has 3 N–H and O–H groups in total. The summed E-state index contributed by atoms with van der Waals surface area (Å²) in [6.07, 6.45) is 3.61. The number of rotatable bonds is 5. The van der Waals surface area contributed by atoms with Gasteiger partial charge >= 0.3 is 0 Å². The summed E-state index contributed by atoms with van der Waals surface area (Å²) in [6, 6.07) is 11.8. The number of hydrogen-bond donors (Lipinski definition) is 3. The fourth-order valence-electron chi connectivity index (χ4n) is 3.46. The van der Waals surface area contributed by atoms with Gasteiger partial charge in [0.25, 0.3) is 0 Å². The molecule has 7 nitrogen and oxygen atoms in total. The van der Waals surface area contributed by atoms with E-state index in [0.717, 1.165) is 34.2 Å². The Morgan fingerprint density at radius 3 is 2.90 bits per heavy atom. The molecule has 0 amide bonds. The van der Waals surface area contributed by atoms with E-state index < -0.39 is 0 Å². The first-order chi connectivity index (χ1) is 14.0. The molecule has 4 rings (SSSR count).